The summed E-state index contributed by atoms with van der Waals surface area (Å²) in [5.74, 6) is -0.868. The number of carboxylic acid groups (broad SMARTS) is 1. The van der Waals surface area contributed by atoms with Crippen molar-refractivity contribution in [1.82, 2.24) is 0 Å². The molecule has 0 unspecified atom stereocenters. The Balaban J connectivity index is 2.93. The first-order valence-electron chi connectivity index (χ1n) is 3.29. The number of hydrogen-bond donors (Lipinski definition) is 2. The molecule has 0 bridgehead atoms. The van der Waals surface area contributed by atoms with Crippen LogP contribution in [0, 0.1) is 0 Å². The van der Waals surface area contributed by atoms with Gasteiger partial charge in [0.2, 0.25) is 0 Å². The maximum atomic E-state index is 10.3. The largest absolute Gasteiger partial charge is 0.481 e. The van der Waals surface area contributed by atoms with Gasteiger partial charge in [0, 0.05) is 9.92 Å². The van der Waals surface area contributed by atoms with Crippen molar-refractivity contribution in [3.05, 3.63) is 28.8 Å². The summed E-state index contributed by atoms with van der Waals surface area (Å²) in [5, 5.41) is 9.06. The summed E-state index contributed by atoms with van der Waals surface area (Å²) in [7, 11) is 0. The van der Waals surface area contributed by atoms with Crippen molar-refractivity contribution in [2.75, 3.05) is 0 Å². The van der Waals surface area contributed by atoms with Gasteiger partial charge in [-0.15, -0.1) is 12.6 Å². The summed E-state index contributed by atoms with van der Waals surface area (Å²) in [6, 6.07) is 4.95. The molecule has 0 aliphatic rings. The van der Waals surface area contributed by atoms with Crippen LogP contribution in [-0.4, -0.2) is 11.1 Å². The van der Waals surface area contributed by atoms with E-state index >= 15 is 0 Å². The second-order valence-corrected chi connectivity index (χ2v) is 3.26. The molecule has 0 radical (unpaired) electrons. The summed E-state index contributed by atoms with van der Waals surface area (Å²) in [5.41, 5.74) is 0.676. The summed E-state index contributed by atoms with van der Waals surface area (Å²) in [6.45, 7) is 0. The van der Waals surface area contributed by atoms with Gasteiger partial charge in [-0.05, 0) is 17.7 Å². The van der Waals surface area contributed by atoms with Crippen LogP contribution in [0.2, 0.25) is 5.02 Å². The van der Waals surface area contributed by atoms with Crippen molar-refractivity contribution in [2.45, 2.75) is 11.3 Å². The summed E-state index contributed by atoms with van der Waals surface area (Å²) < 4.78 is 0. The molecule has 0 spiro atoms. The van der Waals surface area contributed by atoms with Crippen LogP contribution < -0.4 is 0 Å². The Hall–Kier alpha value is -0.670. The SMILES string of the molecule is O=C(O)Cc1ccc(Cl)cc1S. The number of carboxylic acids is 1. The van der Waals surface area contributed by atoms with E-state index in [9.17, 15) is 4.79 Å². The van der Waals surface area contributed by atoms with Crippen LogP contribution >= 0.6 is 24.2 Å². The topological polar surface area (TPSA) is 37.3 Å². The molecular weight excluding hydrogens is 196 g/mol. The molecule has 1 aromatic rings. The fourth-order valence-electron chi connectivity index (χ4n) is 0.849. The van der Waals surface area contributed by atoms with E-state index in [4.69, 9.17) is 16.7 Å². The van der Waals surface area contributed by atoms with Crippen LogP contribution in [0.15, 0.2) is 23.1 Å². The van der Waals surface area contributed by atoms with E-state index in [0.717, 1.165) is 0 Å². The third kappa shape index (κ3) is 2.43. The number of halogens is 1. The summed E-state index contributed by atoms with van der Waals surface area (Å²) in [6.07, 6.45) is -0.0179. The molecule has 64 valence electrons. The number of hydrogen-bond acceptors (Lipinski definition) is 2. The van der Waals surface area contributed by atoms with E-state index in [1.807, 2.05) is 0 Å². The normalized spacial score (nSPS) is 9.83. The zero-order chi connectivity index (χ0) is 9.14. The number of thiol groups is 1. The second kappa shape index (κ2) is 3.83. The molecule has 0 aromatic heterocycles. The van der Waals surface area contributed by atoms with Crippen molar-refractivity contribution < 1.29 is 9.90 Å². The smallest absolute Gasteiger partial charge is 0.307 e. The predicted molar refractivity (Wildman–Crippen MR) is 50.0 cm³/mol. The van der Waals surface area contributed by atoms with Crippen molar-refractivity contribution in [2.24, 2.45) is 0 Å². The van der Waals surface area contributed by atoms with E-state index in [1.54, 1.807) is 18.2 Å². The first-order valence-corrected chi connectivity index (χ1v) is 4.11. The van der Waals surface area contributed by atoms with E-state index in [0.29, 0.717) is 15.5 Å². The summed E-state index contributed by atoms with van der Waals surface area (Å²) >= 11 is 9.75. The van der Waals surface area contributed by atoms with Crippen LogP contribution in [0.4, 0.5) is 0 Å². The Morgan fingerprint density at radius 1 is 1.58 bits per heavy atom. The van der Waals surface area contributed by atoms with Gasteiger partial charge in [-0.2, -0.15) is 0 Å². The van der Waals surface area contributed by atoms with Gasteiger partial charge < -0.3 is 5.11 Å². The van der Waals surface area contributed by atoms with Gasteiger partial charge in [-0.1, -0.05) is 17.7 Å². The minimum absolute atomic E-state index is 0.0179. The van der Waals surface area contributed by atoms with E-state index < -0.39 is 5.97 Å². The monoisotopic (exact) mass is 202 g/mol. The minimum Gasteiger partial charge on any atom is -0.481 e. The third-order valence-corrected chi connectivity index (χ3v) is 2.04. The van der Waals surface area contributed by atoms with Crippen LogP contribution in [0.5, 0.6) is 0 Å². The number of rotatable bonds is 2. The van der Waals surface area contributed by atoms with Crippen LogP contribution in [0.3, 0.4) is 0 Å². The maximum absolute atomic E-state index is 10.3. The van der Waals surface area contributed by atoms with Gasteiger partial charge in [-0.3, -0.25) is 4.79 Å². The van der Waals surface area contributed by atoms with Crippen molar-refractivity contribution in [3.63, 3.8) is 0 Å². The molecule has 0 aliphatic carbocycles. The van der Waals surface area contributed by atoms with Crippen LogP contribution in [-0.2, 0) is 11.2 Å². The van der Waals surface area contributed by atoms with Crippen molar-refractivity contribution in [3.8, 4) is 0 Å². The third-order valence-electron chi connectivity index (χ3n) is 1.39. The van der Waals surface area contributed by atoms with Gasteiger partial charge in [0.25, 0.3) is 0 Å². The highest BCUT2D eigenvalue weighted by atomic mass is 35.5. The predicted octanol–water partition coefficient (Wildman–Crippen LogP) is 2.26. The molecule has 0 saturated carbocycles. The first-order chi connectivity index (χ1) is 5.59. The quantitative estimate of drug-likeness (QED) is 0.722. The number of aliphatic carboxylic acids is 1. The average molecular weight is 203 g/mol. The molecule has 0 aliphatic heterocycles. The molecule has 1 N–H and O–H groups in total. The van der Waals surface area contributed by atoms with E-state index in [1.165, 1.54) is 0 Å². The molecule has 0 amide bonds. The zero-order valence-electron chi connectivity index (χ0n) is 6.12. The Labute approximate surface area is 80.6 Å². The van der Waals surface area contributed by atoms with Crippen LogP contribution in [0.25, 0.3) is 0 Å². The molecule has 0 saturated heterocycles. The summed E-state index contributed by atoms with van der Waals surface area (Å²) in [4.78, 5) is 11.0. The lowest BCUT2D eigenvalue weighted by Crippen LogP contribution is -2.00. The molecule has 1 aromatic carbocycles. The van der Waals surface area contributed by atoms with E-state index in [2.05, 4.69) is 12.6 Å². The molecule has 1 rings (SSSR count). The highest BCUT2D eigenvalue weighted by Crippen LogP contribution is 2.19. The molecular formula is C8H7ClO2S. The molecule has 0 heterocycles. The van der Waals surface area contributed by atoms with Crippen molar-refractivity contribution >= 4 is 30.2 Å². The van der Waals surface area contributed by atoms with Gasteiger partial charge in [0.05, 0.1) is 6.42 Å². The lowest BCUT2D eigenvalue weighted by molar-refractivity contribution is -0.136. The van der Waals surface area contributed by atoms with Gasteiger partial charge in [-0.25, -0.2) is 0 Å². The Bertz CT molecular complexity index is 312. The lowest BCUT2D eigenvalue weighted by atomic mass is 10.1. The first kappa shape index (κ1) is 9.42. The Morgan fingerprint density at radius 3 is 2.75 bits per heavy atom. The fraction of sp³-hybridized carbons (Fsp3) is 0.125. The Morgan fingerprint density at radius 2 is 2.25 bits per heavy atom. The molecule has 4 heteroatoms. The highest BCUT2D eigenvalue weighted by Gasteiger charge is 2.04. The molecule has 0 atom stereocenters. The van der Waals surface area contributed by atoms with Crippen molar-refractivity contribution in [1.29, 1.82) is 0 Å². The van der Waals surface area contributed by atoms with Crippen LogP contribution in [0.1, 0.15) is 5.56 Å². The standard InChI is InChI=1S/C8H7ClO2S/c9-6-2-1-5(3-8(10)11)7(12)4-6/h1-2,4,12H,3H2,(H,10,11). The maximum Gasteiger partial charge on any atom is 0.307 e. The average Bonchev–Trinajstić information content (AvgIpc) is 1.94. The van der Waals surface area contributed by atoms with Gasteiger partial charge in [0.15, 0.2) is 0 Å². The zero-order valence-corrected chi connectivity index (χ0v) is 7.77. The number of carbonyl (C=O) groups is 1. The molecule has 0 fully saturated rings. The minimum atomic E-state index is -0.868. The second-order valence-electron chi connectivity index (χ2n) is 2.34. The van der Waals surface area contributed by atoms with E-state index in [-0.39, 0.29) is 6.42 Å². The highest BCUT2D eigenvalue weighted by molar-refractivity contribution is 7.80. The Kier molecular flexibility index (Phi) is 3.00. The van der Waals surface area contributed by atoms with Gasteiger partial charge >= 0.3 is 5.97 Å². The fourth-order valence-corrected chi connectivity index (χ4v) is 1.39. The molecule has 2 nitrogen and oxygen atoms in total. The lowest BCUT2D eigenvalue weighted by Gasteiger charge is -2.01. The number of benzene rings is 1. The van der Waals surface area contributed by atoms with Gasteiger partial charge in [0.1, 0.15) is 0 Å². The molecule has 12 heavy (non-hydrogen) atoms.